The van der Waals surface area contributed by atoms with E-state index in [1.807, 2.05) is 0 Å². The van der Waals surface area contributed by atoms with Crippen molar-refractivity contribution >= 4 is 0 Å². The van der Waals surface area contributed by atoms with E-state index in [2.05, 4.69) is 4.74 Å². The summed E-state index contributed by atoms with van der Waals surface area (Å²) in [6, 6.07) is 0. The topological polar surface area (TPSA) is 9.23 Å². The maximum Gasteiger partial charge on any atom is 0.460 e. The zero-order chi connectivity index (χ0) is 21.6. The Bertz CT molecular complexity index is 537. The van der Waals surface area contributed by atoms with Crippen LogP contribution >= 0.6 is 0 Å². The highest BCUT2D eigenvalue weighted by molar-refractivity contribution is 5.11. The van der Waals surface area contributed by atoms with E-state index in [-0.39, 0.29) is 0 Å². The van der Waals surface area contributed by atoms with E-state index in [9.17, 15) is 70.2 Å². The first-order valence-corrected chi connectivity index (χ1v) is 5.37. The molecule has 156 valence electrons. The summed E-state index contributed by atoms with van der Waals surface area (Å²) in [5, 5.41) is 0. The Morgan fingerprint density at radius 3 is 1.27 bits per heavy atom. The van der Waals surface area contributed by atoms with Crippen LogP contribution in [0.1, 0.15) is 0 Å². The van der Waals surface area contributed by atoms with Gasteiger partial charge in [-0.05, 0) is 0 Å². The predicted molar refractivity (Wildman–Crippen MR) is 47.1 cm³/mol. The molecule has 0 aliphatic rings. The summed E-state index contributed by atoms with van der Waals surface area (Å²) in [7, 11) is 0. The van der Waals surface area contributed by atoms with Crippen LogP contribution in [0.25, 0.3) is 0 Å². The van der Waals surface area contributed by atoms with Crippen molar-refractivity contribution < 1.29 is 75.0 Å². The van der Waals surface area contributed by atoms with Gasteiger partial charge >= 0.3 is 36.2 Å². The molecule has 0 aromatic heterocycles. The van der Waals surface area contributed by atoms with Crippen molar-refractivity contribution in [2.75, 3.05) is 6.61 Å². The van der Waals surface area contributed by atoms with Crippen molar-refractivity contribution in [1.82, 2.24) is 0 Å². The molecule has 0 saturated heterocycles. The van der Waals surface area contributed by atoms with Crippen molar-refractivity contribution in [3.05, 3.63) is 11.7 Å². The molecule has 1 nitrogen and oxygen atoms in total. The molecule has 0 N–H and O–H groups in total. The number of hydrogen-bond donors (Lipinski definition) is 0. The van der Waals surface area contributed by atoms with Crippen molar-refractivity contribution in [3.8, 4) is 0 Å². The Hall–Kier alpha value is -1.42. The largest absolute Gasteiger partial charge is 0.460 e. The number of alkyl halides is 14. The van der Waals surface area contributed by atoms with E-state index in [1.54, 1.807) is 0 Å². The fraction of sp³-hybridized carbons (Fsp3) is 0.778. The van der Waals surface area contributed by atoms with E-state index >= 15 is 0 Å². The van der Waals surface area contributed by atoms with Crippen molar-refractivity contribution in [2.45, 2.75) is 36.2 Å². The van der Waals surface area contributed by atoms with Gasteiger partial charge in [0.1, 0.15) is 6.61 Å². The fourth-order valence-electron chi connectivity index (χ4n) is 0.995. The second-order valence-corrected chi connectivity index (χ2v) is 4.28. The zero-order valence-electron chi connectivity index (χ0n) is 11.2. The minimum Gasteiger partial charge on any atom is -0.308 e. The van der Waals surface area contributed by atoms with Gasteiger partial charge in [-0.2, -0.15) is 70.2 Å². The third kappa shape index (κ3) is 4.46. The Kier molecular flexibility index (Phi) is 6.27. The Labute approximate surface area is 131 Å². The van der Waals surface area contributed by atoms with Gasteiger partial charge in [0.15, 0.2) is 0 Å². The summed E-state index contributed by atoms with van der Waals surface area (Å²) < 4.78 is 198. The molecule has 0 saturated carbocycles. The van der Waals surface area contributed by atoms with Gasteiger partial charge in [0.2, 0.25) is 11.7 Å². The maximum atomic E-state index is 12.8. The molecule has 0 amide bonds. The minimum atomic E-state index is -7.51. The number of ether oxygens (including phenoxy) is 1. The quantitative estimate of drug-likeness (QED) is 0.486. The zero-order valence-corrected chi connectivity index (χ0v) is 11.2. The molecule has 0 spiro atoms. The molecular weight excluding hydrogens is 428 g/mol. The average Bonchev–Trinajstić information content (AvgIpc) is 2.41. The third-order valence-corrected chi connectivity index (χ3v) is 2.34. The van der Waals surface area contributed by atoms with Crippen molar-refractivity contribution in [3.63, 3.8) is 0 Å². The van der Waals surface area contributed by atoms with E-state index in [4.69, 9.17) is 0 Å². The number of allylic oxidation sites excluding steroid dienone is 1. The van der Waals surface area contributed by atoms with Gasteiger partial charge in [-0.25, -0.2) is 0 Å². The molecule has 0 fully saturated rings. The average molecular weight is 430 g/mol. The van der Waals surface area contributed by atoms with Gasteiger partial charge in [-0.15, -0.1) is 0 Å². The van der Waals surface area contributed by atoms with Crippen LogP contribution < -0.4 is 0 Å². The molecule has 0 radical (unpaired) electrons. The summed E-state index contributed by atoms with van der Waals surface area (Å²) in [6.07, 6.45) is -20.1. The summed E-state index contributed by atoms with van der Waals surface area (Å²) in [5.74, 6) is -30.3. The van der Waals surface area contributed by atoms with Crippen molar-refractivity contribution in [2.24, 2.45) is 0 Å². The molecule has 0 heterocycles. The van der Waals surface area contributed by atoms with Crippen LogP contribution in [-0.4, -0.2) is 42.8 Å². The summed E-state index contributed by atoms with van der Waals surface area (Å²) in [4.78, 5) is 0. The number of hydrogen-bond acceptors (Lipinski definition) is 1. The second kappa shape index (κ2) is 6.63. The number of rotatable bonds is 6. The highest BCUT2D eigenvalue weighted by Crippen LogP contribution is 2.53. The van der Waals surface area contributed by atoms with Crippen LogP contribution in [0.4, 0.5) is 70.2 Å². The van der Waals surface area contributed by atoms with Gasteiger partial charge in [-0.3, -0.25) is 0 Å². The Morgan fingerprint density at radius 1 is 0.577 bits per heavy atom. The summed E-state index contributed by atoms with van der Waals surface area (Å²) in [5.41, 5.74) is 0. The van der Waals surface area contributed by atoms with E-state index in [1.165, 1.54) is 0 Å². The van der Waals surface area contributed by atoms with Crippen LogP contribution in [0.2, 0.25) is 0 Å². The molecule has 0 rings (SSSR count). The maximum absolute atomic E-state index is 12.8. The molecule has 17 heteroatoms. The summed E-state index contributed by atoms with van der Waals surface area (Å²) in [6.45, 7) is -3.84. The Balaban J connectivity index is 5.66. The van der Waals surface area contributed by atoms with E-state index in [0.717, 1.165) is 0 Å². The lowest BCUT2D eigenvalue weighted by molar-refractivity contribution is -0.405. The molecule has 0 aromatic rings. The van der Waals surface area contributed by atoms with Gasteiger partial charge in [0, 0.05) is 0 Å². The van der Waals surface area contributed by atoms with Gasteiger partial charge < -0.3 is 4.74 Å². The first kappa shape index (κ1) is 24.6. The van der Waals surface area contributed by atoms with Gasteiger partial charge in [0.25, 0.3) is 0 Å². The van der Waals surface area contributed by atoms with Crippen LogP contribution in [0.3, 0.4) is 0 Å². The van der Waals surface area contributed by atoms with Crippen LogP contribution in [0, 0.1) is 0 Å². The molecule has 0 atom stereocenters. The van der Waals surface area contributed by atoms with Crippen LogP contribution in [0.5, 0.6) is 0 Å². The highest BCUT2D eigenvalue weighted by Gasteiger charge is 2.82. The number of halogens is 16. The predicted octanol–water partition coefficient (Wildman–Crippen LogP) is 5.78. The first-order chi connectivity index (χ1) is 11.0. The molecular formula is C9H2F16O. The fourth-order valence-corrected chi connectivity index (χ4v) is 0.995. The van der Waals surface area contributed by atoms with Gasteiger partial charge in [-0.1, -0.05) is 0 Å². The minimum absolute atomic E-state index is 2.23. The molecule has 0 bridgehead atoms. The monoisotopic (exact) mass is 430 g/mol. The van der Waals surface area contributed by atoms with Crippen LogP contribution in [-0.2, 0) is 4.74 Å². The first-order valence-electron chi connectivity index (χ1n) is 5.37. The molecule has 0 unspecified atom stereocenters. The third-order valence-electron chi connectivity index (χ3n) is 2.34. The normalized spacial score (nSPS) is 16.6. The lowest BCUT2D eigenvalue weighted by Crippen LogP contribution is -2.62. The Morgan fingerprint density at radius 2 is 0.962 bits per heavy atom. The molecule has 0 aromatic carbocycles. The molecule has 0 aliphatic heterocycles. The van der Waals surface area contributed by atoms with Crippen molar-refractivity contribution in [1.29, 1.82) is 0 Å². The lowest BCUT2D eigenvalue weighted by atomic mass is 10.0. The lowest BCUT2D eigenvalue weighted by Gasteiger charge is -2.33. The van der Waals surface area contributed by atoms with Gasteiger partial charge in [0.05, 0.1) is 0 Å². The summed E-state index contributed by atoms with van der Waals surface area (Å²) >= 11 is 0. The highest BCUT2D eigenvalue weighted by atomic mass is 19.4. The SMILES string of the molecule is FC(=C(F)C(F)(F)OCC(F)(F)C(F)(F)C(F)(F)C(F)(F)F)C(F)(F)F. The molecule has 26 heavy (non-hydrogen) atoms. The van der Waals surface area contributed by atoms with Crippen LogP contribution in [0.15, 0.2) is 11.7 Å². The van der Waals surface area contributed by atoms with E-state index in [0.29, 0.717) is 0 Å². The smallest absolute Gasteiger partial charge is 0.308 e. The van der Waals surface area contributed by atoms with E-state index < -0.39 is 54.5 Å². The second-order valence-electron chi connectivity index (χ2n) is 4.28. The molecule has 0 aliphatic carbocycles. The standard InChI is InChI=1S/C9H2F16O/c10-2(5(14,15)16)3(11)6(17,18)26-1-4(12,13)7(19,20)8(21,22)9(23,24)25/h1H2.